The highest BCUT2D eigenvalue weighted by Gasteiger charge is 2.48. The average molecular weight is 660 g/mol. The number of rotatable bonds is 6. The Hall–Kier alpha value is -4.96. The van der Waals surface area contributed by atoms with Crippen molar-refractivity contribution in [1.29, 1.82) is 0 Å². The number of fused-ring (bicyclic) bond motifs is 4. The monoisotopic (exact) mass is 659 g/mol. The standard InChI is InChI=1S/C24H19ClP.C18H11BO3/c25-23-18-10-11-19-24(23)26(20-12-4-1-5-13-20,21-14-6-2-7-15-21)22-16-8-3-9-17-22;20-19(21)22-17-7-3-6-12-8-9-15-10-13-4-1-2-5-14(13)11-16(15)18(12)17/h1-19H;1-11H/q+1;-2. The zero-order chi connectivity index (χ0) is 32.9. The van der Waals surface area contributed by atoms with Crippen LogP contribution in [-0.4, -0.2) is 7.32 Å². The van der Waals surface area contributed by atoms with Crippen LogP contribution in [0.2, 0.25) is 5.02 Å². The highest BCUT2D eigenvalue weighted by Crippen LogP contribution is 2.55. The van der Waals surface area contributed by atoms with Crippen LogP contribution < -0.4 is 35.9 Å². The smallest absolute Gasteiger partial charge is 0.145 e. The summed E-state index contributed by atoms with van der Waals surface area (Å²) in [6, 6.07) is 62.3. The van der Waals surface area contributed by atoms with Crippen molar-refractivity contribution < 1.29 is 14.7 Å². The highest BCUT2D eigenvalue weighted by molar-refractivity contribution is 8.01. The zero-order valence-electron chi connectivity index (χ0n) is 25.9. The van der Waals surface area contributed by atoms with E-state index in [0.717, 1.165) is 37.3 Å². The third-order valence-electron chi connectivity index (χ3n) is 8.56. The molecule has 0 saturated heterocycles. The first kappa shape index (κ1) is 31.6. The summed E-state index contributed by atoms with van der Waals surface area (Å²) in [7, 11) is -4.41. The van der Waals surface area contributed by atoms with Crippen molar-refractivity contribution in [1.82, 2.24) is 0 Å². The second-order valence-electron chi connectivity index (χ2n) is 11.4. The lowest BCUT2D eigenvalue weighted by Gasteiger charge is -2.28. The number of hydrogen-bond donors (Lipinski definition) is 0. The second kappa shape index (κ2) is 14.0. The molecule has 8 aromatic rings. The first-order valence-corrected chi connectivity index (χ1v) is 17.9. The summed E-state index contributed by atoms with van der Waals surface area (Å²) in [4.78, 5) is 0. The Morgan fingerprint density at radius 1 is 0.458 bits per heavy atom. The van der Waals surface area contributed by atoms with Crippen molar-refractivity contribution in [2.75, 3.05) is 0 Å². The Labute approximate surface area is 286 Å². The van der Waals surface area contributed by atoms with Gasteiger partial charge in [0.05, 0.1) is 5.02 Å². The molecule has 0 aliphatic heterocycles. The summed E-state index contributed by atoms with van der Waals surface area (Å²) in [5, 5.41) is 33.8. The minimum Gasteiger partial charge on any atom is -0.860 e. The fraction of sp³-hybridized carbons (Fsp3) is 0. The summed E-state index contributed by atoms with van der Waals surface area (Å²) in [5.41, 5.74) is 0. The molecule has 0 saturated carbocycles. The van der Waals surface area contributed by atoms with Crippen molar-refractivity contribution in [2.45, 2.75) is 0 Å². The van der Waals surface area contributed by atoms with E-state index in [1.54, 1.807) is 12.1 Å². The maximum Gasteiger partial charge on any atom is 0.145 e. The fourth-order valence-corrected chi connectivity index (χ4v) is 11.3. The van der Waals surface area contributed by atoms with Gasteiger partial charge in [0.1, 0.15) is 41.6 Å². The van der Waals surface area contributed by atoms with Crippen LogP contribution in [0.1, 0.15) is 0 Å². The van der Waals surface area contributed by atoms with Crippen LogP contribution in [0.5, 0.6) is 5.75 Å². The molecule has 0 aliphatic rings. The number of halogens is 1. The molecular weight excluding hydrogens is 630 g/mol. The van der Waals surface area contributed by atoms with Gasteiger partial charge >= 0.3 is 0 Å². The first-order valence-electron chi connectivity index (χ1n) is 15.7. The molecular formula is C42H30BClO3P-. The van der Waals surface area contributed by atoms with Gasteiger partial charge in [0.25, 0.3) is 0 Å². The molecule has 0 N–H and O–H groups in total. The largest absolute Gasteiger partial charge is 0.860 e. The van der Waals surface area contributed by atoms with Gasteiger partial charge in [0.2, 0.25) is 0 Å². The van der Waals surface area contributed by atoms with E-state index in [-0.39, 0.29) is 0 Å². The predicted molar refractivity (Wildman–Crippen MR) is 202 cm³/mol. The maximum atomic E-state index is 10.9. The van der Waals surface area contributed by atoms with E-state index < -0.39 is 14.6 Å². The Bertz CT molecular complexity index is 2220. The van der Waals surface area contributed by atoms with Crippen LogP contribution in [0.25, 0.3) is 32.3 Å². The van der Waals surface area contributed by atoms with E-state index in [1.807, 2.05) is 48.5 Å². The molecule has 0 spiro atoms. The van der Waals surface area contributed by atoms with Crippen molar-refractivity contribution in [2.24, 2.45) is 0 Å². The number of hydrogen-bond acceptors (Lipinski definition) is 3. The normalized spacial score (nSPS) is 11.2. The summed E-state index contributed by atoms with van der Waals surface area (Å²) in [5.74, 6) is 0.341. The van der Waals surface area contributed by atoms with Crippen molar-refractivity contribution in [3.8, 4) is 5.75 Å². The zero-order valence-corrected chi connectivity index (χ0v) is 27.6. The average Bonchev–Trinajstić information content (AvgIpc) is 3.13. The SMILES string of the molecule is Clc1ccccc1[P+](c1ccccc1)(c1ccccc1)c1ccccc1.[O-]B([O-])Oc1cccc2ccc3cc4ccccc4cc3c12. The minimum absolute atomic E-state index is 0.341. The van der Waals surface area contributed by atoms with E-state index in [0.29, 0.717) is 5.75 Å². The first-order chi connectivity index (χ1) is 23.6. The third kappa shape index (κ3) is 6.08. The van der Waals surface area contributed by atoms with E-state index in [1.165, 1.54) is 21.2 Å². The van der Waals surface area contributed by atoms with E-state index in [2.05, 4.69) is 121 Å². The van der Waals surface area contributed by atoms with Gasteiger partial charge in [-0.3, -0.25) is 0 Å². The summed E-state index contributed by atoms with van der Waals surface area (Å²) >= 11 is 6.79. The summed E-state index contributed by atoms with van der Waals surface area (Å²) in [6.07, 6.45) is 0. The van der Waals surface area contributed by atoms with Crippen LogP contribution in [0.3, 0.4) is 0 Å². The summed E-state index contributed by atoms with van der Waals surface area (Å²) < 4.78 is 4.94. The molecule has 3 nitrogen and oxygen atoms in total. The molecule has 0 bridgehead atoms. The summed E-state index contributed by atoms with van der Waals surface area (Å²) in [6.45, 7) is 0. The van der Waals surface area contributed by atoms with Gasteiger partial charge < -0.3 is 14.7 Å². The van der Waals surface area contributed by atoms with Gasteiger partial charge in [-0.05, 0) is 93.7 Å². The lowest BCUT2D eigenvalue weighted by atomic mass is 9.97. The molecule has 0 aliphatic carbocycles. The van der Waals surface area contributed by atoms with Gasteiger partial charge in [0, 0.05) is 5.39 Å². The molecule has 0 unspecified atom stereocenters. The number of benzene rings is 8. The van der Waals surface area contributed by atoms with E-state index in [4.69, 9.17) is 16.3 Å². The van der Waals surface area contributed by atoms with E-state index >= 15 is 0 Å². The van der Waals surface area contributed by atoms with Crippen LogP contribution in [0.15, 0.2) is 182 Å². The van der Waals surface area contributed by atoms with E-state index in [9.17, 15) is 10.0 Å². The Morgan fingerprint density at radius 3 is 1.50 bits per heavy atom. The molecule has 0 radical (unpaired) electrons. The van der Waals surface area contributed by atoms with Gasteiger partial charge in [-0.2, -0.15) is 0 Å². The molecule has 6 heteroatoms. The quantitative estimate of drug-likeness (QED) is 0.0822. The molecule has 0 fully saturated rings. The molecule has 0 aromatic heterocycles. The Morgan fingerprint density at radius 2 is 0.938 bits per heavy atom. The van der Waals surface area contributed by atoms with Gasteiger partial charge in [-0.25, -0.2) is 0 Å². The lowest BCUT2D eigenvalue weighted by molar-refractivity contribution is -0.372. The Kier molecular flexibility index (Phi) is 9.25. The second-order valence-corrected chi connectivity index (χ2v) is 15.2. The van der Waals surface area contributed by atoms with Crippen LogP contribution in [0.4, 0.5) is 0 Å². The molecule has 8 rings (SSSR count). The van der Waals surface area contributed by atoms with Crippen LogP contribution >= 0.6 is 18.9 Å². The van der Waals surface area contributed by atoms with Crippen molar-refractivity contribution in [3.05, 3.63) is 187 Å². The predicted octanol–water partition coefficient (Wildman–Crippen LogP) is 7.19. The Balaban J connectivity index is 0.000000154. The molecule has 0 amide bonds. The third-order valence-corrected chi connectivity index (χ3v) is 13.3. The fourth-order valence-electron chi connectivity index (χ4n) is 6.51. The van der Waals surface area contributed by atoms with Crippen molar-refractivity contribution in [3.63, 3.8) is 0 Å². The van der Waals surface area contributed by atoms with Crippen LogP contribution in [0, 0.1) is 0 Å². The van der Waals surface area contributed by atoms with Gasteiger partial charge in [-0.15, -0.1) is 0 Å². The van der Waals surface area contributed by atoms with Crippen LogP contribution in [-0.2, 0) is 0 Å². The lowest BCUT2D eigenvalue weighted by Crippen LogP contribution is -2.50. The minimum atomic E-state index is -2.33. The molecule has 0 heterocycles. The topological polar surface area (TPSA) is 55.3 Å². The van der Waals surface area contributed by atoms with Gasteiger partial charge in [0.15, 0.2) is 0 Å². The molecule has 232 valence electrons. The van der Waals surface area contributed by atoms with Gasteiger partial charge in [-0.1, -0.05) is 127 Å². The molecule has 0 atom stereocenters. The highest BCUT2D eigenvalue weighted by atomic mass is 35.5. The molecule has 8 aromatic carbocycles. The molecule has 48 heavy (non-hydrogen) atoms. The maximum absolute atomic E-state index is 10.9. The van der Waals surface area contributed by atoms with Crippen molar-refractivity contribution >= 4 is 79.7 Å².